The van der Waals surface area contributed by atoms with Crippen molar-refractivity contribution in [1.29, 1.82) is 0 Å². The van der Waals surface area contributed by atoms with E-state index in [2.05, 4.69) is 18.9 Å². The lowest BCUT2D eigenvalue weighted by atomic mass is 9.88. The summed E-state index contributed by atoms with van der Waals surface area (Å²) in [6.07, 6.45) is 5.72. The first-order valence-electron chi connectivity index (χ1n) is 7.90. The predicted molar refractivity (Wildman–Crippen MR) is 81.9 cm³/mol. The van der Waals surface area contributed by atoms with Gasteiger partial charge in [0.25, 0.3) is 0 Å². The first kappa shape index (κ1) is 13.8. The molecule has 2 saturated carbocycles. The summed E-state index contributed by atoms with van der Waals surface area (Å²) in [7, 11) is 2.10. The molecule has 3 rings (SSSR count). The van der Waals surface area contributed by atoms with Crippen molar-refractivity contribution in [2.24, 2.45) is 17.8 Å². The summed E-state index contributed by atoms with van der Waals surface area (Å²) in [4.78, 5) is 14.5. The summed E-state index contributed by atoms with van der Waals surface area (Å²) in [5.74, 6) is 3.02. The normalized spacial score (nSPS) is 28.2. The van der Waals surface area contributed by atoms with Gasteiger partial charge in [-0.05, 0) is 51.0 Å². The van der Waals surface area contributed by atoms with Crippen molar-refractivity contribution in [3.63, 3.8) is 0 Å². The summed E-state index contributed by atoms with van der Waals surface area (Å²) < 4.78 is 0. The first-order valence-corrected chi connectivity index (χ1v) is 7.90. The Balaban J connectivity index is 1.52. The molecule has 2 nitrogen and oxygen atoms in total. The molecule has 2 heteroatoms. The molecule has 0 aliphatic heterocycles. The van der Waals surface area contributed by atoms with Gasteiger partial charge in [0.1, 0.15) is 0 Å². The summed E-state index contributed by atoms with van der Waals surface area (Å²) >= 11 is 0. The number of hydrogen-bond donors (Lipinski definition) is 0. The number of likely N-dealkylation sites (N-methyl/N-ethyl adjacent to an activating group) is 1. The second-order valence-corrected chi connectivity index (χ2v) is 6.92. The van der Waals surface area contributed by atoms with Crippen LogP contribution in [0.1, 0.15) is 41.6 Å². The Hall–Kier alpha value is -1.15. The van der Waals surface area contributed by atoms with Crippen LogP contribution >= 0.6 is 0 Å². The number of benzene rings is 1. The minimum Gasteiger partial charge on any atom is -0.299 e. The maximum atomic E-state index is 12.3. The fraction of sp³-hybridized carbons (Fsp3) is 0.611. The van der Waals surface area contributed by atoms with Crippen LogP contribution in [0.25, 0.3) is 0 Å². The van der Waals surface area contributed by atoms with E-state index in [1.54, 1.807) is 0 Å². The average Bonchev–Trinajstić information content (AvgIpc) is 3.01. The molecule has 3 unspecified atom stereocenters. The van der Waals surface area contributed by atoms with Gasteiger partial charge in [0, 0.05) is 12.1 Å². The molecule has 2 aliphatic rings. The van der Waals surface area contributed by atoms with E-state index in [1.807, 2.05) is 24.3 Å². The lowest BCUT2D eigenvalue weighted by molar-refractivity contribution is 0.0929. The lowest BCUT2D eigenvalue weighted by Gasteiger charge is -2.26. The molecule has 3 atom stereocenters. The zero-order chi connectivity index (χ0) is 14.1. The molecule has 0 saturated heterocycles. The van der Waals surface area contributed by atoms with Crippen molar-refractivity contribution in [3.05, 3.63) is 35.4 Å². The lowest BCUT2D eigenvalue weighted by Crippen LogP contribution is -2.32. The highest BCUT2D eigenvalue weighted by molar-refractivity contribution is 5.97. The van der Waals surface area contributed by atoms with Crippen LogP contribution in [0.3, 0.4) is 0 Å². The minimum atomic E-state index is 0.246. The van der Waals surface area contributed by atoms with E-state index < -0.39 is 0 Å². The molecule has 0 spiro atoms. The van der Waals surface area contributed by atoms with Crippen molar-refractivity contribution in [2.45, 2.75) is 32.6 Å². The summed E-state index contributed by atoms with van der Waals surface area (Å²) in [5, 5.41) is 0. The minimum absolute atomic E-state index is 0.246. The Bertz CT molecular complexity index is 479. The van der Waals surface area contributed by atoms with Gasteiger partial charge in [0.2, 0.25) is 0 Å². The first-order chi connectivity index (χ1) is 9.61. The molecule has 0 radical (unpaired) electrons. The smallest absolute Gasteiger partial charge is 0.176 e. The largest absolute Gasteiger partial charge is 0.299 e. The molecule has 2 bridgehead atoms. The number of nitrogens with zero attached hydrogens (tertiary/aromatic N) is 1. The van der Waals surface area contributed by atoms with Crippen molar-refractivity contribution < 1.29 is 4.79 Å². The summed E-state index contributed by atoms with van der Waals surface area (Å²) in [6.45, 7) is 3.70. The zero-order valence-electron chi connectivity index (χ0n) is 12.6. The van der Waals surface area contributed by atoms with Gasteiger partial charge in [0.15, 0.2) is 5.78 Å². The van der Waals surface area contributed by atoms with Gasteiger partial charge in [0.05, 0.1) is 6.54 Å². The van der Waals surface area contributed by atoms with Crippen molar-refractivity contribution in [3.8, 4) is 0 Å². The van der Waals surface area contributed by atoms with Gasteiger partial charge in [-0.25, -0.2) is 0 Å². The van der Waals surface area contributed by atoms with Crippen molar-refractivity contribution in [1.82, 2.24) is 4.90 Å². The number of ketones is 1. The molecule has 0 N–H and O–H groups in total. The van der Waals surface area contributed by atoms with Crippen LogP contribution in [0.4, 0.5) is 0 Å². The third-order valence-electron chi connectivity index (χ3n) is 5.22. The number of fused-ring (bicyclic) bond motifs is 2. The number of hydrogen-bond acceptors (Lipinski definition) is 2. The zero-order valence-corrected chi connectivity index (χ0v) is 12.6. The maximum Gasteiger partial charge on any atom is 0.176 e. The van der Waals surface area contributed by atoms with Crippen LogP contribution < -0.4 is 0 Å². The molecule has 2 aliphatic carbocycles. The Morgan fingerprint density at radius 2 is 1.95 bits per heavy atom. The second kappa shape index (κ2) is 5.69. The van der Waals surface area contributed by atoms with Gasteiger partial charge < -0.3 is 0 Å². The van der Waals surface area contributed by atoms with Gasteiger partial charge in [-0.2, -0.15) is 0 Å². The predicted octanol–water partition coefficient (Wildman–Crippen LogP) is 3.55. The van der Waals surface area contributed by atoms with Crippen molar-refractivity contribution >= 4 is 5.78 Å². The topological polar surface area (TPSA) is 20.3 Å². The number of carbonyl (C=O) groups is 1. The van der Waals surface area contributed by atoms with Crippen LogP contribution in [0.2, 0.25) is 0 Å². The van der Waals surface area contributed by atoms with E-state index in [0.29, 0.717) is 6.54 Å². The van der Waals surface area contributed by atoms with E-state index in [4.69, 9.17) is 0 Å². The van der Waals surface area contributed by atoms with Gasteiger partial charge in [-0.1, -0.05) is 36.2 Å². The van der Waals surface area contributed by atoms with Crippen LogP contribution in [-0.4, -0.2) is 30.8 Å². The molecule has 0 heterocycles. The molecular weight excluding hydrogens is 246 g/mol. The Morgan fingerprint density at radius 3 is 2.55 bits per heavy atom. The standard InChI is InChI=1S/C18H25NO/c1-13-3-6-15(7-4-13)18(20)12-19(2)11-17-10-14-5-8-16(17)9-14/h3-4,6-7,14,16-17H,5,8-12H2,1-2H3. The monoisotopic (exact) mass is 271 g/mol. The van der Waals surface area contributed by atoms with Crippen LogP contribution in [0, 0.1) is 24.7 Å². The van der Waals surface area contributed by atoms with Crippen LogP contribution in [-0.2, 0) is 0 Å². The van der Waals surface area contributed by atoms with E-state index in [-0.39, 0.29) is 5.78 Å². The van der Waals surface area contributed by atoms with E-state index in [0.717, 1.165) is 29.9 Å². The highest BCUT2D eigenvalue weighted by Crippen LogP contribution is 2.48. The molecule has 0 aromatic heterocycles. The molecule has 2 fully saturated rings. The molecule has 1 aromatic rings. The summed E-state index contributed by atoms with van der Waals surface area (Å²) in [5.41, 5.74) is 2.05. The fourth-order valence-electron chi connectivity index (χ4n) is 4.14. The maximum absolute atomic E-state index is 12.3. The van der Waals surface area contributed by atoms with Gasteiger partial charge in [-0.15, -0.1) is 0 Å². The van der Waals surface area contributed by atoms with Crippen LogP contribution in [0.15, 0.2) is 24.3 Å². The second-order valence-electron chi connectivity index (χ2n) is 6.92. The average molecular weight is 271 g/mol. The van der Waals surface area contributed by atoms with Crippen molar-refractivity contribution in [2.75, 3.05) is 20.1 Å². The Kier molecular flexibility index (Phi) is 3.93. The van der Waals surface area contributed by atoms with E-state index >= 15 is 0 Å². The Labute approximate surface area is 122 Å². The van der Waals surface area contributed by atoms with E-state index in [1.165, 1.54) is 31.2 Å². The molecule has 1 aromatic carbocycles. The highest BCUT2D eigenvalue weighted by atomic mass is 16.1. The van der Waals surface area contributed by atoms with Crippen LogP contribution in [0.5, 0.6) is 0 Å². The SMILES string of the molecule is Cc1ccc(C(=O)CN(C)CC2CC3CCC2C3)cc1. The Morgan fingerprint density at radius 1 is 1.20 bits per heavy atom. The van der Waals surface area contributed by atoms with Gasteiger partial charge >= 0.3 is 0 Å². The molecule has 108 valence electrons. The highest BCUT2D eigenvalue weighted by Gasteiger charge is 2.39. The quantitative estimate of drug-likeness (QED) is 0.763. The third-order valence-corrected chi connectivity index (χ3v) is 5.22. The summed E-state index contributed by atoms with van der Waals surface area (Å²) in [6, 6.07) is 7.93. The third kappa shape index (κ3) is 2.95. The molecule has 0 amide bonds. The molecular formula is C18H25NO. The number of carbonyl (C=O) groups excluding carboxylic acids is 1. The number of Topliss-reactive ketones (excluding diaryl/α,β-unsaturated/α-hetero) is 1. The number of rotatable bonds is 5. The van der Waals surface area contributed by atoms with Gasteiger partial charge in [-0.3, -0.25) is 9.69 Å². The fourth-order valence-corrected chi connectivity index (χ4v) is 4.14. The molecule has 20 heavy (non-hydrogen) atoms. The number of aryl methyl sites for hydroxylation is 1. The van der Waals surface area contributed by atoms with E-state index in [9.17, 15) is 4.79 Å².